The van der Waals surface area contributed by atoms with Gasteiger partial charge in [0.2, 0.25) is 17.7 Å². The Hall–Kier alpha value is -3.74. The number of carbonyl (C=O) groups is 4. The second-order valence-electron chi connectivity index (χ2n) is 7.93. The Morgan fingerprint density at radius 1 is 1.15 bits per heavy atom. The van der Waals surface area contributed by atoms with Gasteiger partial charge >= 0.3 is 0 Å². The number of anilines is 1. The third kappa shape index (κ3) is 7.13. The average molecular weight is 479 g/mol. The van der Waals surface area contributed by atoms with Crippen LogP contribution >= 0.6 is 0 Å². The van der Waals surface area contributed by atoms with Crippen LogP contribution in [0.15, 0.2) is 18.2 Å². The van der Waals surface area contributed by atoms with Crippen molar-refractivity contribution in [2.45, 2.75) is 57.2 Å². The fourth-order valence-corrected chi connectivity index (χ4v) is 3.47. The minimum atomic E-state index is -1.42. The van der Waals surface area contributed by atoms with Crippen molar-refractivity contribution in [1.29, 1.82) is 0 Å². The molecule has 3 atom stereocenters. The van der Waals surface area contributed by atoms with E-state index in [4.69, 9.17) is 5.73 Å². The van der Waals surface area contributed by atoms with Gasteiger partial charge in [0.15, 0.2) is 0 Å². The van der Waals surface area contributed by atoms with Crippen LogP contribution in [0.1, 0.15) is 49.4 Å². The Bertz CT molecular complexity index is 938. The van der Waals surface area contributed by atoms with E-state index in [1.165, 1.54) is 12.1 Å². The number of aliphatic hydroxyl groups is 1. The summed E-state index contributed by atoms with van der Waals surface area (Å²) in [5.74, 6) is -3.05. The molecule has 0 aromatic heterocycles. The summed E-state index contributed by atoms with van der Waals surface area (Å²) in [4.78, 5) is 60.9. The summed E-state index contributed by atoms with van der Waals surface area (Å²) in [6.07, 6.45) is 2.63. The number of nitro benzene ring substituents is 1. The van der Waals surface area contributed by atoms with Crippen LogP contribution in [0.25, 0.3) is 0 Å². The molecular weight excluding hydrogens is 448 g/mol. The van der Waals surface area contributed by atoms with Gasteiger partial charge in [-0.1, -0.05) is 26.2 Å². The summed E-state index contributed by atoms with van der Waals surface area (Å²) in [5.41, 5.74) is 5.16. The predicted octanol–water partition coefficient (Wildman–Crippen LogP) is -0.464. The van der Waals surface area contributed by atoms with E-state index >= 15 is 0 Å². The fourth-order valence-electron chi connectivity index (χ4n) is 3.47. The maximum absolute atomic E-state index is 12.9. The number of nitrogens with zero attached hydrogens (tertiary/aromatic N) is 1. The van der Waals surface area contributed by atoms with Crippen molar-refractivity contribution in [1.82, 2.24) is 16.0 Å². The highest BCUT2D eigenvalue weighted by molar-refractivity contribution is 6.03. The summed E-state index contributed by atoms with van der Waals surface area (Å²) in [5, 5.41) is 31.2. The van der Waals surface area contributed by atoms with Gasteiger partial charge in [-0.15, -0.1) is 0 Å². The summed E-state index contributed by atoms with van der Waals surface area (Å²) in [6.45, 7) is 1.30. The van der Waals surface area contributed by atoms with Gasteiger partial charge in [-0.05, 0) is 18.9 Å². The number of benzene rings is 1. The molecule has 4 amide bonds. The fraction of sp³-hybridized carbons (Fsp3) is 0.524. The molecule has 186 valence electrons. The molecule has 1 aliphatic heterocycles. The van der Waals surface area contributed by atoms with Gasteiger partial charge in [-0.3, -0.25) is 29.3 Å². The molecule has 13 nitrogen and oxygen atoms in total. The number of fused-ring (bicyclic) bond motifs is 1. The number of hydrogen-bond donors (Lipinski definition) is 6. The molecule has 1 heterocycles. The van der Waals surface area contributed by atoms with E-state index < -0.39 is 53.3 Å². The maximum atomic E-state index is 12.9. The highest BCUT2D eigenvalue weighted by atomic mass is 16.6. The molecule has 1 aromatic rings. The first-order valence-electron chi connectivity index (χ1n) is 11.0. The number of nitrogens with one attached hydrogen (secondary N) is 4. The van der Waals surface area contributed by atoms with Crippen LogP contribution in [0.4, 0.5) is 11.4 Å². The third-order valence-electron chi connectivity index (χ3n) is 5.40. The van der Waals surface area contributed by atoms with E-state index in [9.17, 15) is 34.4 Å². The molecule has 7 N–H and O–H groups in total. The third-order valence-corrected chi connectivity index (χ3v) is 5.40. The van der Waals surface area contributed by atoms with E-state index in [1.807, 2.05) is 6.92 Å². The number of amides is 4. The van der Waals surface area contributed by atoms with Gasteiger partial charge in [0, 0.05) is 24.4 Å². The van der Waals surface area contributed by atoms with Gasteiger partial charge in [-0.25, -0.2) is 0 Å². The molecular formula is C21H30N6O7. The normalized spacial score (nSPS) is 21.7. The number of hydrogen-bond acceptors (Lipinski definition) is 8. The number of carbonyl (C=O) groups excluding carboxylic acids is 4. The van der Waals surface area contributed by atoms with Crippen molar-refractivity contribution in [2.24, 2.45) is 5.73 Å². The van der Waals surface area contributed by atoms with Gasteiger partial charge in [-0.2, -0.15) is 0 Å². The standard InChI is InChI=1S/C21H30N6O7/c1-2-3-4-5-16-20(31)24-15(18(22)29)8-9-23-14-7-6-12(27(33)34)10-13(14)19(30)26-17(11-28)21(32)25-16/h6-7,10,15-17,23,28H,2-5,8-9,11H2,1H3,(H2,22,29)(H,24,31)(H,25,32)(H,26,30)/t15-,16?,17?/m0/s1. The van der Waals surface area contributed by atoms with Gasteiger partial charge < -0.3 is 32.1 Å². The Morgan fingerprint density at radius 3 is 2.47 bits per heavy atom. The number of rotatable bonds is 7. The minimum Gasteiger partial charge on any atom is -0.394 e. The largest absolute Gasteiger partial charge is 0.394 e. The van der Waals surface area contributed by atoms with Crippen molar-refractivity contribution in [3.8, 4) is 0 Å². The first kappa shape index (κ1) is 26.5. The molecule has 0 saturated heterocycles. The quantitative estimate of drug-likeness (QED) is 0.171. The van der Waals surface area contributed by atoms with Crippen molar-refractivity contribution in [2.75, 3.05) is 18.5 Å². The predicted molar refractivity (Wildman–Crippen MR) is 122 cm³/mol. The first-order valence-corrected chi connectivity index (χ1v) is 11.0. The van der Waals surface area contributed by atoms with Crippen LogP contribution in [0.5, 0.6) is 0 Å². The molecule has 0 radical (unpaired) electrons. The lowest BCUT2D eigenvalue weighted by molar-refractivity contribution is -0.384. The number of non-ortho nitro benzene ring substituents is 1. The summed E-state index contributed by atoms with van der Waals surface area (Å²) in [7, 11) is 0. The second kappa shape index (κ2) is 12.5. The molecule has 0 bridgehead atoms. The molecule has 0 fully saturated rings. The molecule has 34 heavy (non-hydrogen) atoms. The number of aliphatic hydroxyl groups excluding tert-OH is 1. The van der Waals surface area contributed by atoms with Crippen LogP contribution in [-0.2, 0) is 14.4 Å². The smallest absolute Gasteiger partial charge is 0.270 e. The van der Waals surface area contributed by atoms with Crippen molar-refractivity contribution in [3.05, 3.63) is 33.9 Å². The second-order valence-corrected chi connectivity index (χ2v) is 7.93. The lowest BCUT2D eigenvalue weighted by atomic mass is 10.0. The number of nitrogens with two attached hydrogens (primary N) is 1. The molecule has 0 aliphatic carbocycles. The van der Waals surface area contributed by atoms with Crippen molar-refractivity contribution >= 4 is 35.0 Å². The lowest BCUT2D eigenvalue weighted by Crippen LogP contribution is -2.57. The molecule has 0 saturated carbocycles. The van der Waals surface area contributed by atoms with Crippen molar-refractivity contribution in [3.63, 3.8) is 0 Å². The van der Waals surface area contributed by atoms with Gasteiger partial charge in [0.25, 0.3) is 11.6 Å². The SMILES string of the molecule is CCCCCC1NC(=O)C(CO)NC(=O)c2cc([N+](=O)[O-])ccc2NCC[C@@H](C(N)=O)NC1=O. The van der Waals surface area contributed by atoms with E-state index in [-0.39, 0.29) is 36.3 Å². The molecule has 0 spiro atoms. The summed E-state index contributed by atoms with van der Waals surface area (Å²) in [6, 6.07) is 0.0439. The number of unbranched alkanes of at least 4 members (excludes halogenated alkanes) is 2. The van der Waals surface area contributed by atoms with Crippen LogP contribution < -0.4 is 27.0 Å². The van der Waals surface area contributed by atoms with E-state index in [2.05, 4.69) is 21.3 Å². The lowest BCUT2D eigenvalue weighted by Gasteiger charge is -2.25. The van der Waals surface area contributed by atoms with Crippen LogP contribution in [-0.4, -0.2) is 64.9 Å². The Labute approximate surface area is 196 Å². The zero-order valence-electron chi connectivity index (χ0n) is 18.8. The molecule has 2 unspecified atom stereocenters. The van der Waals surface area contributed by atoms with E-state index in [1.54, 1.807) is 0 Å². The average Bonchev–Trinajstić information content (AvgIpc) is 2.80. The Balaban J connectivity index is 2.42. The van der Waals surface area contributed by atoms with E-state index in [0.717, 1.165) is 18.9 Å². The molecule has 1 aliphatic rings. The first-order chi connectivity index (χ1) is 16.2. The molecule has 13 heteroatoms. The number of nitro groups is 1. The van der Waals surface area contributed by atoms with E-state index in [0.29, 0.717) is 6.42 Å². The van der Waals surface area contributed by atoms with Crippen LogP contribution in [0.2, 0.25) is 0 Å². The Kier molecular flexibility index (Phi) is 9.74. The topological polar surface area (TPSA) is 206 Å². The van der Waals surface area contributed by atoms with Gasteiger partial charge in [0.1, 0.15) is 18.1 Å². The zero-order chi connectivity index (χ0) is 25.3. The monoisotopic (exact) mass is 478 g/mol. The highest BCUT2D eigenvalue weighted by Gasteiger charge is 2.30. The van der Waals surface area contributed by atoms with Crippen LogP contribution in [0, 0.1) is 10.1 Å². The Morgan fingerprint density at radius 2 is 1.85 bits per heavy atom. The van der Waals surface area contributed by atoms with Crippen LogP contribution in [0.3, 0.4) is 0 Å². The molecule has 1 aromatic carbocycles. The summed E-state index contributed by atoms with van der Waals surface area (Å²) < 4.78 is 0. The number of primary amides is 1. The minimum absolute atomic E-state index is 0.0635. The zero-order valence-corrected chi connectivity index (χ0v) is 18.8. The molecule has 2 rings (SSSR count). The summed E-state index contributed by atoms with van der Waals surface area (Å²) >= 11 is 0. The van der Waals surface area contributed by atoms with Gasteiger partial charge in [0.05, 0.1) is 17.1 Å². The maximum Gasteiger partial charge on any atom is 0.270 e. The highest BCUT2D eigenvalue weighted by Crippen LogP contribution is 2.22. The van der Waals surface area contributed by atoms with Crippen molar-refractivity contribution < 1.29 is 29.2 Å².